The molecule has 2 aliphatic heterocycles. The molecule has 0 aliphatic carbocycles. The maximum absolute atomic E-state index is 10.6. The largest absolute Gasteiger partial charge is 0.508 e. The van der Waals surface area contributed by atoms with E-state index in [-0.39, 0.29) is 0 Å². The third kappa shape index (κ3) is 1.30. The highest BCUT2D eigenvalue weighted by Gasteiger charge is 2.32. The van der Waals surface area contributed by atoms with Gasteiger partial charge in [0.25, 0.3) is 0 Å². The first kappa shape index (κ1) is 6.91. The van der Waals surface area contributed by atoms with E-state index in [2.05, 4.69) is 5.32 Å². The van der Waals surface area contributed by atoms with Crippen molar-refractivity contribution in [1.29, 1.82) is 0 Å². The topological polar surface area (TPSA) is 47.6 Å². The maximum Gasteiger partial charge on any atom is 0.508 e. The standard InChI is InChI=1S/C7H11NO3/c9-7-10-3-5-1-8-2-6(5)4-11-7/h5-6,8H,1-4H2/t5-,6+. The van der Waals surface area contributed by atoms with Gasteiger partial charge in [0.2, 0.25) is 0 Å². The molecule has 0 amide bonds. The van der Waals surface area contributed by atoms with Gasteiger partial charge in [0.15, 0.2) is 0 Å². The van der Waals surface area contributed by atoms with Gasteiger partial charge in [0.1, 0.15) is 0 Å². The van der Waals surface area contributed by atoms with Crippen LogP contribution in [0, 0.1) is 11.8 Å². The zero-order valence-electron chi connectivity index (χ0n) is 6.21. The highest BCUT2D eigenvalue weighted by Crippen LogP contribution is 2.20. The molecule has 2 aliphatic rings. The van der Waals surface area contributed by atoms with Gasteiger partial charge in [-0.15, -0.1) is 0 Å². The number of fused-ring (bicyclic) bond motifs is 1. The molecule has 0 saturated carbocycles. The summed E-state index contributed by atoms with van der Waals surface area (Å²) in [7, 11) is 0. The first-order valence-electron chi connectivity index (χ1n) is 3.86. The van der Waals surface area contributed by atoms with E-state index in [1.165, 1.54) is 0 Å². The summed E-state index contributed by atoms with van der Waals surface area (Å²) in [6.07, 6.45) is -0.514. The number of nitrogens with one attached hydrogen (secondary N) is 1. The Morgan fingerprint density at radius 3 is 2.27 bits per heavy atom. The summed E-state index contributed by atoms with van der Waals surface area (Å²) in [5.74, 6) is 0.919. The normalized spacial score (nSPS) is 36.9. The van der Waals surface area contributed by atoms with Gasteiger partial charge in [-0.3, -0.25) is 0 Å². The molecule has 2 atom stereocenters. The zero-order valence-corrected chi connectivity index (χ0v) is 6.21. The van der Waals surface area contributed by atoms with Crippen LogP contribution in [0.2, 0.25) is 0 Å². The summed E-state index contributed by atoms with van der Waals surface area (Å²) < 4.78 is 9.63. The van der Waals surface area contributed by atoms with E-state index in [0.29, 0.717) is 25.0 Å². The van der Waals surface area contributed by atoms with E-state index >= 15 is 0 Å². The fourth-order valence-corrected chi connectivity index (χ4v) is 1.57. The summed E-state index contributed by atoms with van der Waals surface area (Å²) in [6.45, 7) is 2.91. The van der Waals surface area contributed by atoms with Crippen LogP contribution in [0.3, 0.4) is 0 Å². The fraction of sp³-hybridized carbons (Fsp3) is 0.857. The van der Waals surface area contributed by atoms with Crippen LogP contribution in [0.15, 0.2) is 0 Å². The number of carbonyl (C=O) groups is 1. The Morgan fingerprint density at radius 1 is 1.18 bits per heavy atom. The van der Waals surface area contributed by atoms with Gasteiger partial charge in [-0.05, 0) is 0 Å². The quantitative estimate of drug-likeness (QED) is 0.502. The molecule has 2 rings (SSSR count). The second kappa shape index (κ2) is 2.70. The first-order chi connectivity index (χ1) is 5.36. The van der Waals surface area contributed by atoms with Crippen molar-refractivity contribution in [3.63, 3.8) is 0 Å². The van der Waals surface area contributed by atoms with Crippen LogP contribution < -0.4 is 5.32 Å². The minimum absolute atomic E-state index is 0.460. The average Bonchev–Trinajstić information content (AvgIpc) is 2.38. The van der Waals surface area contributed by atoms with Crippen LogP contribution in [-0.2, 0) is 9.47 Å². The Hall–Kier alpha value is -0.770. The molecule has 62 valence electrons. The van der Waals surface area contributed by atoms with Crippen LogP contribution in [0.1, 0.15) is 0 Å². The first-order valence-corrected chi connectivity index (χ1v) is 3.86. The number of hydrogen-bond acceptors (Lipinski definition) is 4. The molecule has 2 heterocycles. The van der Waals surface area contributed by atoms with Crippen LogP contribution in [-0.4, -0.2) is 32.5 Å². The van der Waals surface area contributed by atoms with Crippen molar-refractivity contribution < 1.29 is 14.3 Å². The van der Waals surface area contributed by atoms with Crippen molar-refractivity contribution in [2.75, 3.05) is 26.3 Å². The van der Waals surface area contributed by atoms with Gasteiger partial charge in [-0.1, -0.05) is 0 Å². The average molecular weight is 157 g/mol. The van der Waals surface area contributed by atoms with Gasteiger partial charge >= 0.3 is 6.16 Å². The molecule has 4 heteroatoms. The molecule has 0 aromatic rings. The molecule has 2 fully saturated rings. The molecule has 0 aromatic heterocycles. The lowest BCUT2D eigenvalue weighted by Crippen LogP contribution is -2.17. The third-order valence-corrected chi connectivity index (χ3v) is 2.31. The van der Waals surface area contributed by atoms with E-state index in [0.717, 1.165) is 13.1 Å². The highest BCUT2D eigenvalue weighted by molar-refractivity contribution is 5.60. The Morgan fingerprint density at radius 2 is 1.73 bits per heavy atom. The molecule has 1 N–H and O–H groups in total. The molecular weight excluding hydrogens is 146 g/mol. The van der Waals surface area contributed by atoms with Crippen molar-refractivity contribution in [3.8, 4) is 0 Å². The monoisotopic (exact) mass is 157 g/mol. The van der Waals surface area contributed by atoms with E-state index in [1.807, 2.05) is 0 Å². The van der Waals surface area contributed by atoms with Gasteiger partial charge in [-0.2, -0.15) is 0 Å². The Bertz CT molecular complexity index is 155. The Balaban J connectivity index is 2.00. The molecule has 4 nitrogen and oxygen atoms in total. The van der Waals surface area contributed by atoms with E-state index in [1.54, 1.807) is 0 Å². The summed E-state index contributed by atoms with van der Waals surface area (Å²) in [5, 5.41) is 3.24. The lowest BCUT2D eigenvalue weighted by Gasteiger charge is -2.09. The Kier molecular flexibility index (Phi) is 1.69. The third-order valence-electron chi connectivity index (χ3n) is 2.31. The SMILES string of the molecule is O=C1OC[C@H]2CNC[C@H]2CO1. The van der Waals surface area contributed by atoms with Gasteiger partial charge in [-0.25, -0.2) is 4.79 Å². The smallest absolute Gasteiger partial charge is 0.434 e. The lowest BCUT2D eigenvalue weighted by atomic mass is 9.98. The summed E-state index contributed by atoms with van der Waals surface area (Å²) in [4.78, 5) is 10.6. The predicted molar refractivity (Wildman–Crippen MR) is 37.1 cm³/mol. The van der Waals surface area contributed by atoms with Crippen molar-refractivity contribution in [1.82, 2.24) is 5.32 Å². The molecule has 0 spiro atoms. The number of hydrogen-bond donors (Lipinski definition) is 1. The van der Waals surface area contributed by atoms with Crippen LogP contribution in [0.5, 0.6) is 0 Å². The van der Waals surface area contributed by atoms with Crippen molar-refractivity contribution in [3.05, 3.63) is 0 Å². The minimum atomic E-state index is -0.514. The van der Waals surface area contributed by atoms with Crippen LogP contribution >= 0.6 is 0 Å². The fourth-order valence-electron chi connectivity index (χ4n) is 1.57. The van der Waals surface area contributed by atoms with Crippen molar-refractivity contribution in [2.45, 2.75) is 0 Å². The van der Waals surface area contributed by atoms with E-state index < -0.39 is 6.16 Å². The van der Waals surface area contributed by atoms with Crippen molar-refractivity contribution >= 4 is 6.16 Å². The molecule has 0 aromatic carbocycles. The molecule has 0 radical (unpaired) electrons. The number of rotatable bonds is 0. The van der Waals surface area contributed by atoms with Gasteiger partial charge in [0, 0.05) is 24.9 Å². The van der Waals surface area contributed by atoms with E-state index in [9.17, 15) is 4.79 Å². The molecule has 11 heavy (non-hydrogen) atoms. The summed E-state index contributed by atoms with van der Waals surface area (Å²) in [6, 6.07) is 0. The predicted octanol–water partition coefficient (Wildman–Crippen LogP) is -0.0112. The number of carbonyl (C=O) groups excluding carboxylic acids is 1. The second-order valence-electron chi connectivity index (χ2n) is 3.05. The summed E-state index contributed by atoms with van der Waals surface area (Å²) >= 11 is 0. The minimum Gasteiger partial charge on any atom is -0.434 e. The molecule has 0 bridgehead atoms. The highest BCUT2D eigenvalue weighted by atomic mass is 16.7. The van der Waals surface area contributed by atoms with Crippen LogP contribution in [0.25, 0.3) is 0 Å². The van der Waals surface area contributed by atoms with Gasteiger partial charge in [0.05, 0.1) is 13.2 Å². The van der Waals surface area contributed by atoms with E-state index in [4.69, 9.17) is 9.47 Å². The molecule has 2 saturated heterocycles. The second-order valence-corrected chi connectivity index (χ2v) is 3.05. The maximum atomic E-state index is 10.6. The number of cyclic esters (lactones) is 2. The van der Waals surface area contributed by atoms with Gasteiger partial charge < -0.3 is 14.8 Å². The zero-order chi connectivity index (χ0) is 7.68. The van der Waals surface area contributed by atoms with Crippen molar-refractivity contribution in [2.24, 2.45) is 11.8 Å². The van der Waals surface area contributed by atoms with Crippen LogP contribution in [0.4, 0.5) is 4.79 Å². The number of ether oxygens (including phenoxy) is 2. The summed E-state index contributed by atoms with van der Waals surface area (Å²) in [5.41, 5.74) is 0. The Labute approximate surface area is 64.9 Å². The molecule has 0 unspecified atom stereocenters. The molecular formula is C7H11NO3. The lowest BCUT2D eigenvalue weighted by molar-refractivity contribution is 0.0673.